The molecule has 1 rings (SSSR count). The number of nitrogens with zero attached hydrogens (tertiary/aromatic N) is 1. The molecular weight excluding hydrogens is 312 g/mol. The molecule has 1 N–H and O–H groups in total. The summed E-state index contributed by atoms with van der Waals surface area (Å²) in [6.45, 7) is 2.62. The van der Waals surface area contributed by atoms with E-state index in [-0.39, 0.29) is 23.7 Å². The minimum absolute atomic E-state index is 0.00123. The van der Waals surface area contributed by atoms with Crippen molar-refractivity contribution in [3.8, 4) is 0 Å². The lowest BCUT2D eigenvalue weighted by Crippen LogP contribution is -2.34. The molecule has 0 aliphatic carbocycles. The topological polar surface area (TPSA) is 58.6 Å². The van der Waals surface area contributed by atoms with Gasteiger partial charge in [-0.1, -0.05) is 29.8 Å². The molecule has 0 heterocycles. The summed E-state index contributed by atoms with van der Waals surface area (Å²) in [5.74, 6) is 0.634. The highest BCUT2D eigenvalue weighted by atomic mass is 32.2. The molecule has 1 aromatic carbocycles. The molecule has 0 saturated heterocycles. The second-order valence-electron chi connectivity index (χ2n) is 5.57. The van der Waals surface area contributed by atoms with E-state index in [2.05, 4.69) is 46.1 Å². The third-order valence-corrected chi connectivity index (χ3v) is 4.43. The van der Waals surface area contributed by atoms with Crippen LogP contribution in [-0.4, -0.2) is 56.0 Å². The number of benzene rings is 1. The smallest absolute Gasteiger partial charge is 0.315 e. The average molecular weight is 338 g/mol. The van der Waals surface area contributed by atoms with Crippen LogP contribution in [0, 0.1) is 6.92 Å². The SMILES string of the molecule is COC(=O)CSCCC(=O)NCC(c1ccc(C)cc1)N(C)C. The van der Waals surface area contributed by atoms with Gasteiger partial charge in [0.15, 0.2) is 0 Å². The molecule has 0 aromatic heterocycles. The summed E-state index contributed by atoms with van der Waals surface area (Å²) in [5.41, 5.74) is 2.40. The number of hydrogen-bond acceptors (Lipinski definition) is 5. The van der Waals surface area contributed by atoms with Crippen molar-refractivity contribution in [1.29, 1.82) is 0 Å². The highest BCUT2D eigenvalue weighted by Crippen LogP contribution is 2.18. The molecule has 0 aliphatic heterocycles. The Bertz CT molecular complexity index is 503. The quantitative estimate of drug-likeness (QED) is 0.551. The van der Waals surface area contributed by atoms with Gasteiger partial charge in [0.2, 0.25) is 5.91 Å². The van der Waals surface area contributed by atoms with Gasteiger partial charge in [-0.3, -0.25) is 9.59 Å². The molecule has 0 spiro atoms. The number of ether oxygens (including phenoxy) is 1. The number of thioether (sulfide) groups is 1. The van der Waals surface area contributed by atoms with Crippen molar-refractivity contribution in [3.63, 3.8) is 0 Å². The van der Waals surface area contributed by atoms with Gasteiger partial charge < -0.3 is 15.0 Å². The van der Waals surface area contributed by atoms with E-state index in [0.717, 1.165) is 0 Å². The molecule has 1 aromatic rings. The van der Waals surface area contributed by atoms with E-state index in [0.29, 0.717) is 18.7 Å². The first-order valence-corrected chi connectivity index (χ1v) is 8.73. The fourth-order valence-corrected chi connectivity index (χ4v) is 2.82. The van der Waals surface area contributed by atoms with Crippen LogP contribution in [-0.2, 0) is 14.3 Å². The minimum Gasteiger partial charge on any atom is -0.468 e. The molecule has 1 atom stereocenters. The molecule has 23 heavy (non-hydrogen) atoms. The number of amides is 1. The molecule has 0 fully saturated rings. The van der Waals surface area contributed by atoms with Gasteiger partial charge in [-0.2, -0.15) is 0 Å². The number of hydrogen-bond donors (Lipinski definition) is 1. The summed E-state index contributed by atoms with van der Waals surface area (Å²) >= 11 is 1.41. The van der Waals surface area contributed by atoms with Crippen molar-refractivity contribution in [1.82, 2.24) is 10.2 Å². The van der Waals surface area contributed by atoms with Gasteiger partial charge >= 0.3 is 5.97 Å². The van der Waals surface area contributed by atoms with Crippen LogP contribution >= 0.6 is 11.8 Å². The number of methoxy groups -OCH3 is 1. The minimum atomic E-state index is -0.262. The summed E-state index contributed by atoms with van der Waals surface area (Å²) in [7, 11) is 5.37. The van der Waals surface area contributed by atoms with Crippen LogP contribution in [0.25, 0.3) is 0 Å². The van der Waals surface area contributed by atoms with Gasteiger partial charge in [0.25, 0.3) is 0 Å². The molecule has 128 valence electrons. The van der Waals surface area contributed by atoms with Gasteiger partial charge in [0.1, 0.15) is 0 Å². The zero-order valence-corrected chi connectivity index (χ0v) is 15.1. The van der Waals surface area contributed by atoms with Gasteiger partial charge in [-0.25, -0.2) is 0 Å². The fraction of sp³-hybridized carbons (Fsp3) is 0.529. The number of likely N-dealkylation sites (N-methyl/N-ethyl adjacent to an activating group) is 1. The van der Waals surface area contributed by atoms with Crippen molar-refractivity contribution < 1.29 is 14.3 Å². The normalized spacial score (nSPS) is 12.0. The largest absolute Gasteiger partial charge is 0.468 e. The summed E-state index contributed by atoms with van der Waals surface area (Å²) < 4.78 is 4.55. The Morgan fingerprint density at radius 2 is 1.91 bits per heavy atom. The first kappa shape index (κ1) is 19.5. The summed E-state index contributed by atoms with van der Waals surface area (Å²) in [6, 6.07) is 8.49. The number of rotatable bonds is 9. The van der Waals surface area contributed by atoms with Crippen LogP contribution in [0.15, 0.2) is 24.3 Å². The summed E-state index contributed by atoms with van der Waals surface area (Å²) in [5, 5.41) is 2.97. The van der Waals surface area contributed by atoms with Crippen LogP contribution in [0.2, 0.25) is 0 Å². The Kier molecular flexibility index (Phi) is 8.73. The Morgan fingerprint density at radius 3 is 2.48 bits per heavy atom. The molecule has 0 radical (unpaired) electrons. The third kappa shape index (κ3) is 7.52. The lowest BCUT2D eigenvalue weighted by Gasteiger charge is -2.25. The van der Waals surface area contributed by atoms with Crippen molar-refractivity contribution >= 4 is 23.6 Å². The van der Waals surface area contributed by atoms with E-state index in [1.165, 1.54) is 30.0 Å². The summed E-state index contributed by atoms with van der Waals surface area (Å²) in [4.78, 5) is 25.0. The molecule has 0 bridgehead atoms. The number of carbonyl (C=O) groups excluding carboxylic acids is 2. The first-order valence-electron chi connectivity index (χ1n) is 7.58. The first-order chi connectivity index (χ1) is 10.9. The third-order valence-electron chi connectivity index (χ3n) is 3.50. The van der Waals surface area contributed by atoms with E-state index < -0.39 is 0 Å². The van der Waals surface area contributed by atoms with E-state index in [1.807, 2.05) is 14.1 Å². The number of aryl methyl sites for hydroxylation is 1. The Labute approximate surface area is 142 Å². The second-order valence-corrected chi connectivity index (χ2v) is 6.68. The Morgan fingerprint density at radius 1 is 1.26 bits per heavy atom. The maximum Gasteiger partial charge on any atom is 0.315 e. The van der Waals surface area contributed by atoms with Crippen molar-refractivity contribution in [2.75, 3.05) is 39.3 Å². The maximum absolute atomic E-state index is 11.9. The number of nitrogens with one attached hydrogen (secondary N) is 1. The van der Waals surface area contributed by atoms with Crippen LogP contribution in [0.5, 0.6) is 0 Å². The molecule has 1 unspecified atom stereocenters. The predicted octanol–water partition coefficient (Wildman–Crippen LogP) is 2.01. The number of esters is 1. The van der Waals surface area contributed by atoms with Crippen LogP contribution in [0.1, 0.15) is 23.6 Å². The van der Waals surface area contributed by atoms with Gasteiger partial charge in [-0.05, 0) is 26.6 Å². The van der Waals surface area contributed by atoms with Gasteiger partial charge in [-0.15, -0.1) is 11.8 Å². The van der Waals surface area contributed by atoms with E-state index in [9.17, 15) is 9.59 Å². The molecule has 1 amide bonds. The predicted molar refractivity (Wildman–Crippen MR) is 94.6 cm³/mol. The highest BCUT2D eigenvalue weighted by Gasteiger charge is 2.15. The fourth-order valence-electron chi connectivity index (χ4n) is 2.07. The standard InChI is InChI=1S/C17H26N2O3S/c1-13-5-7-14(8-6-13)15(19(2)3)11-18-16(20)9-10-23-12-17(21)22-4/h5-8,15H,9-12H2,1-4H3,(H,18,20). The van der Waals surface area contributed by atoms with E-state index in [1.54, 1.807) is 0 Å². The van der Waals surface area contributed by atoms with E-state index in [4.69, 9.17) is 0 Å². The van der Waals surface area contributed by atoms with Crippen LogP contribution in [0.3, 0.4) is 0 Å². The lowest BCUT2D eigenvalue weighted by molar-refractivity contribution is -0.137. The van der Waals surface area contributed by atoms with E-state index >= 15 is 0 Å². The lowest BCUT2D eigenvalue weighted by atomic mass is 10.0. The van der Waals surface area contributed by atoms with Crippen molar-refractivity contribution in [3.05, 3.63) is 35.4 Å². The zero-order chi connectivity index (χ0) is 17.2. The maximum atomic E-state index is 11.9. The average Bonchev–Trinajstić information content (AvgIpc) is 2.52. The van der Waals surface area contributed by atoms with Crippen molar-refractivity contribution in [2.45, 2.75) is 19.4 Å². The molecule has 5 nitrogen and oxygen atoms in total. The van der Waals surface area contributed by atoms with Crippen molar-refractivity contribution in [2.24, 2.45) is 0 Å². The van der Waals surface area contributed by atoms with Gasteiger partial charge in [0, 0.05) is 18.7 Å². The van der Waals surface area contributed by atoms with Crippen LogP contribution in [0.4, 0.5) is 0 Å². The van der Waals surface area contributed by atoms with Gasteiger partial charge in [0.05, 0.1) is 18.9 Å². The Balaban J connectivity index is 2.39. The molecule has 0 aliphatic rings. The molecule has 0 saturated carbocycles. The Hall–Kier alpha value is -1.53. The highest BCUT2D eigenvalue weighted by molar-refractivity contribution is 7.99. The second kappa shape index (κ2) is 10.3. The zero-order valence-electron chi connectivity index (χ0n) is 14.3. The monoisotopic (exact) mass is 338 g/mol. The van der Waals surface area contributed by atoms with Crippen LogP contribution < -0.4 is 5.32 Å². The number of carbonyl (C=O) groups is 2. The summed E-state index contributed by atoms with van der Waals surface area (Å²) in [6.07, 6.45) is 0.399. The molecule has 6 heteroatoms. The molecular formula is C17H26N2O3S.